The number of carboxylic acid groups (broad SMARTS) is 1. The summed E-state index contributed by atoms with van der Waals surface area (Å²) in [6.07, 6.45) is -1.20. The first kappa shape index (κ1) is 25.4. The lowest BCUT2D eigenvalue weighted by Crippen LogP contribution is -2.14. The smallest absolute Gasteiger partial charge is 0.416 e. The number of aromatic nitrogens is 2. The van der Waals surface area contributed by atoms with E-state index in [0.29, 0.717) is 17.9 Å². The topological polar surface area (TPSA) is 81.5 Å². The summed E-state index contributed by atoms with van der Waals surface area (Å²) in [5.41, 5.74) is 0.215. The number of benzene rings is 2. The van der Waals surface area contributed by atoms with Crippen molar-refractivity contribution in [2.24, 2.45) is 0 Å². The molecule has 0 saturated carbocycles. The Morgan fingerprint density at radius 2 is 1.82 bits per heavy atom. The number of halogens is 3. The summed E-state index contributed by atoms with van der Waals surface area (Å²) in [5.74, 6) is 0.620. The lowest BCUT2D eigenvalue weighted by molar-refractivity contribution is -0.139. The average molecular weight is 493 g/mol. The van der Waals surface area contributed by atoms with Gasteiger partial charge in [0.05, 0.1) is 17.2 Å². The van der Waals surface area contributed by atoms with Gasteiger partial charge in [-0.25, -0.2) is 14.8 Å². The van der Waals surface area contributed by atoms with Gasteiger partial charge in [0.25, 0.3) is 0 Å². The highest BCUT2D eigenvalue weighted by Crippen LogP contribution is 2.36. The lowest BCUT2D eigenvalue weighted by atomic mass is 10.1. The van der Waals surface area contributed by atoms with Crippen LogP contribution in [0.25, 0.3) is 11.4 Å². The minimum absolute atomic E-state index is 0.158. The fraction of sp³-hybridized carbons (Fsp3) is 0.292. The van der Waals surface area contributed by atoms with Crippen molar-refractivity contribution in [1.82, 2.24) is 9.97 Å². The third-order valence-electron chi connectivity index (χ3n) is 4.73. The number of alkyl halides is 3. The number of thioether (sulfide) groups is 1. The molecular weight excluding hydrogens is 469 g/mol. The second kappa shape index (κ2) is 11.2. The van der Waals surface area contributed by atoms with E-state index in [-0.39, 0.29) is 23.2 Å². The van der Waals surface area contributed by atoms with Crippen LogP contribution in [0.15, 0.2) is 59.8 Å². The maximum absolute atomic E-state index is 13.2. The Bertz CT molecular complexity index is 1130. The number of hydrogen-bond acceptors (Lipinski definition) is 6. The number of carbonyl (C=O) groups is 1. The highest BCUT2D eigenvalue weighted by molar-refractivity contribution is 7.99. The van der Waals surface area contributed by atoms with E-state index in [0.717, 1.165) is 22.6 Å². The molecule has 0 bridgehead atoms. The average Bonchev–Trinajstić information content (AvgIpc) is 2.78. The second-order valence-corrected chi connectivity index (χ2v) is 8.62. The Morgan fingerprint density at radius 1 is 1.12 bits per heavy atom. The Hall–Kier alpha value is -3.27. The molecular formula is C24H23F3N2O4S. The molecule has 3 aromatic rings. The molecule has 1 atom stereocenters. The van der Waals surface area contributed by atoms with Crippen molar-refractivity contribution in [3.63, 3.8) is 0 Å². The maximum atomic E-state index is 13.2. The molecule has 0 aliphatic heterocycles. The zero-order chi connectivity index (χ0) is 24.7. The minimum Gasteiger partial charge on any atom is -0.490 e. The minimum atomic E-state index is -4.49. The van der Waals surface area contributed by atoms with Gasteiger partial charge < -0.3 is 14.6 Å². The van der Waals surface area contributed by atoms with Gasteiger partial charge in [-0.2, -0.15) is 13.2 Å². The van der Waals surface area contributed by atoms with Crippen molar-refractivity contribution in [2.75, 3.05) is 12.4 Å². The van der Waals surface area contributed by atoms with Crippen LogP contribution in [0.2, 0.25) is 0 Å². The SMILES string of the molecule is Cc1cc(SCCC(C)Oc2ccc(C(F)(F)F)cc2-c2ncccn2)ccc1OCC(=O)O. The second-order valence-electron chi connectivity index (χ2n) is 7.46. The molecule has 1 unspecified atom stereocenters. The first-order valence-corrected chi connectivity index (χ1v) is 11.4. The van der Waals surface area contributed by atoms with Crippen LogP contribution in [-0.2, 0) is 11.0 Å². The van der Waals surface area contributed by atoms with Crippen molar-refractivity contribution in [3.05, 3.63) is 66.0 Å². The number of nitrogens with zero attached hydrogens (tertiary/aromatic N) is 2. The molecule has 34 heavy (non-hydrogen) atoms. The third kappa shape index (κ3) is 7.11. The van der Waals surface area contributed by atoms with Crippen molar-refractivity contribution < 1.29 is 32.5 Å². The van der Waals surface area contributed by atoms with E-state index in [4.69, 9.17) is 14.6 Å². The van der Waals surface area contributed by atoms with E-state index in [9.17, 15) is 18.0 Å². The molecule has 0 radical (unpaired) electrons. The fourth-order valence-corrected chi connectivity index (χ4v) is 4.16. The summed E-state index contributed by atoms with van der Waals surface area (Å²) in [6, 6.07) is 10.4. The predicted molar refractivity (Wildman–Crippen MR) is 122 cm³/mol. The highest BCUT2D eigenvalue weighted by atomic mass is 32.2. The van der Waals surface area contributed by atoms with E-state index < -0.39 is 24.3 Å². The summed E-state index contributed by atoms with van der Waals surface area (Å²) >= 11 is 1.59. The first-order valence-electron chi connectivity index (χ1n) is 10.4. The van der Waals surface area contributed by atoms with Crippen molar-refractivity contribution in [2.45, 2.75) is 37.4 Å². The zero-order valence-corrected chi connectivity index (χ0v) is 19.3. The molecule has 0 aliphatic rings. The van der Waals surface area contributed by atoms with Crippen LogP contribution in [-0.4, -0.2) is 39.5 Å². The van der Waals surface area contributed by atoms with Crippen LogP contribution in [0.3, 0.4) is 0 Å². The van der Waals surface area contributed by atoms with Gasteiger partial charge in [0, 0.05) is 23.0 Å². The molecule has 0 saturated heterocycles. The number of aliphatic carboxylic acids is 1. The first-order chi connectivity index (χ1) is 16.1. The van der Waals surface area contributed by atoms with Gasteiger partial charge in [0.1, 0.15) is 11.5 Å². The Kier molecular flexibility index (Phi) is 8.38. The number of aryl methyl sites for hydroxylation is 1. The quantitative estimate of drug-likeness (QED) is 0.354. The van der Waals surface area contributed by atoms with Crippen LogP contribution >= 0.6 is 11.8 Å². The lowest BCUT2D eigenvalue weighted by Gasteiger charge is -2.18. The van der Waals surface area contributed by atoms with E-state index in [2.05, 4.69) is 9.97 Å². The van der Waals surface area contributed by atoms with Gasteiger partial charge in [0.2, 0.25) is 0 Å². The molecule has 1 heterocycles. The molecule has 180 valence electrons. The Labute approximate surface area is 199 Å². The van der Waals surface area contributed by atoms with Crippen molar-refractivity contribution >= 4 is 17.7 Å². The molecule has 2 aromatic carbocycles. The van der Waals surface area contributed by atoms with Gasteiger partial charge in [0.15, 0.2) is 12.4 Å². The highest BCUT2D eigenvalue weighted by Gasteiger charge is 2.31. The molecule has 10 heteroatoms. The molecule has 0 spiro atoms. The number of carboxylic acids is 1. The normalized spacial score (nSPS) is 12.3. The summed E-state index contributed by atoms with van der Waals surface area (Å²) in [6.45, 7) is 3.29. The van der Waals surface area contributed by atoms with E-state index in [1.165, 1.54) is 18.5 Å². The van der Waals surface area contributed by atoms with E-state index in [1.807, 2.05) is 26.0 Å². The summed E-state index contributed by atoms with van der Waals surface area (Å²) in [7, 11) is 0. The number of hydrogen-bond donors (Lipinski definition) is 1. The van der Waals surface area contributed by atoms with Crippen molar-refractivity contribution in [1.29, 1.82) is 0 Å². The van der Waals surface area contributed by atoms with E-state index >= 15 is 0 Å². The van der Waals surface area contributed by atoms with Crippen LogP contribution in [0.5, 0.6) is 11.5 Å². The Balaban J connectivity index is 1.63. The molecule has 0 fully saturated rings. The van der Waals surface area contributed by atoms with Gasteiger partial charge >= 0.3 is 12.1 Å². The largest absolute Gasteiger partial charge is 0.490 e. The molecule has 1 N–H and O–H groups in total. The fourth-order valence-electron chi connectivity index (χ4n) is 3.05. The molecule has 1 aromatic heterocycles. The molecule has 0 amide bonds. The van der Waals surface area contributed by atoms with Gasteiger partial charge in [-0.1, -0.05) is 0 Å². The number of ether oxygens (including phenoxy) is 2. The van der Waals surface area contributed by atoms with Crippen LogP contribution in [0.1, 0.15) is 24.5 Å². The zero-order valence-electron chi connectivity index (χ0n) is 18.5. The molecule has 3 rings (SSSR count). The van der Waals surface area contributed by atoms with Crippen LogP contribution < -0.4 is 9.47 Å². The number of rotatable bonds is 10. The summed E-state index contributed by atoms with van der Waals surface area (Å²) < 4.78 is 50.9. The maximum Gasteiger partial charge on any atom is 0.416 e. The molecule has 0 aliphatic carbocycles. The van der Waals surface area contributed by atoms with Crippen LogP contribution in [0, 0.1) is 6.92 Å². The molecule has 6 nitrogen and oxygen atoms in total. The third-order valence-corrected chi connectivity index (χ3v) is 5.76. The monoisotopic (exact) mass is 492 g/mol. The van der Waals surface area contributed by atoms with Gasteiger partial charge in [-0.3, -0.25) is 0 Å². The summed E-state index contributed by atoms with van der Waals surface area (Å²) in [5, 5.41) is 8.73. The van der Waals surface area contributed by atoms with Gasteiger partial charge in [-0.15, -0.1) is 11.8 Å². The summed E-state index contributed by atoms with van der Waals surface area (Å²) in [4.78, 5) is 19.8. The predicted octanol–water partition coefficient (Wildman–Crippen LogP) is 5.88. The standard InChI is InChI=1S/C24H23F3N2O4S/c1-15-12-18(5-7-20(15)32-14-22(30)31)34-11-8-16(2)33-21-6-4-17(24(25,26)27)13-19(21)23-28-9-3-10-29-23/h3-7,9-10,12-13,16H,8,11,14H2,1-2H3,(H,30,31). The van der Waals surface area contributed by atoms with Crippen LogP contribution in [0.4, 0.5) is 13.2 Å². The van der Waals surface area contributed by atoms with E-state index in [1.54, 1.807) is 23.9 Å². The van der Waals surface area contributed by atoms with Gasteiger partial charge in [-0.05, 0) is 68.3 Å². The van der Waals surface area contributed by atoms with Crippen molar-refractivity contribution in [3.8, 4) is 22.9 Å². The Morgan fingerprint density at radius 3 is 2.47 bits per heavy atom.